The second-order valence-corrected chi connectivity index (χ2v) is 4.02. The molecular weight excluding hydrogens is 236 g/mol. The van der Waals surface area contributed by atoms with Crippen LogP contribution in [0.15, 0.2) is 11.2 Å². The maximum absolute atomic E-state index is 10.7. The summed E-state index contributed by atoms with van der Waals surface area (Å²) in [4.78, 5) is 20.5. The molecule has 0 unspecified atom stereocenters. The third kappa shape index (κ3) is 3.56. The Morgan fingerprint density at radius 3 is 2.87 bits per heavy atom. The van der Waals surface area contributed by atoms with Crippen LogP contribution < -0.4 is 10.6 Å². The lowest BCUT2D eigenvalue weighted by atomic mass is 10.5. The number of halogens is 1. The number of carbonyl (C=O) groups excluding carboxylic acids is 1. The normalized spacial score (nSPS) is 10.1. The molecule has 0 fully saturated rings. The molecular formula is C8H11ClN4OS. The van der Waals surface area contributed by atoms with Gasteiger partial charge in [-0.25, -0.2) is 9.97 Å². The summed E-state index contributed by atoms with van der Waals surface area (Å²) in [5.74, 6) is 0.163. The second kappa shape index (κ2) is 5.18. The van der Waals surface area contributed by atoms with Gasteiger partial charge in [0.15, 0.2) is 5.16 Å². The third-order valence-electron chi connectivity index (χ3n) is 1.63. The summed E-state index contributed by atoms with van der Waals surface area (Å²) in [5.41, 5.74) is 5.08. The van der Waals surface area contributed by atoms with E-state index in [2.05, 4.69) is 9.97 Å². The van der Waals surface area contributed by atoms with Gasteiger partial charge in [0.2, 0.25) is 5.91 Å². The average molecular weight is 247 g/mol. The van der Waals surface area contributed by atoms with Gasteiger partial charge in [-0.2, -0.15) is 0 Å². The number of thioether (sulfide) groups is 1. The summed E-state index contributed by atoms with van der Waals surface area (Å²) in [7, 11) is 1.72. The lowest BCUT2D eigenvalue weighted by Crippen LogP contribution is -2.31. The number of aromatic nitrogens is 2. The van der Waals surface area contributed by atoms with Crippen molar-refractivity contribution in [2.45, 2.75) is 5.16 Å². The van der Waals surface area contributed by atoms with E-state index in [1.165, 1.54) is 11.8 Å². The van der Waals surface area contributed by atoms with E-state index in [0.29, 0.717) is 16.1 Å². The molecule has 0 bridgehead atoms. The minimum atomic E-state index is -0.419. The molecule has 82 valence electrons. The Bertz CT molecular complexity index is 374. The van der Waals surface area contributed by atoms with E-state index in [0.717, 1.165) is 0 Å². The molecule has 0 aliphatic rings. The van der Waals surface area contributed by atoms with Gasteiger partial charge in [0.05, 0.1) is 6.54 Å². The summed E-state index contributed by atoms with van der Waals surface area (Å²) in [6.45, 7) is 0.0984. The van der Waals surface area contributed by atoms with Crippen LogP contribution in [0.4, 0.5) is 5.82 Å². The highest BCUT2D eigenvalue weighted by Gasteiger charge is 2.08. The summed E-state index contributed by atoms with van der Waals surface area (Å²) >= 11 is 7.19. The monoisotopic (exact) mass is 246 g/mol. The van der Waals surface area contributed by atoms with Crippen molar-refractivity contribution in [3.63, 3.8) is 0 Å². The van der Waals surface area contributed by atoms with E-state index < -0.39 is 5.91 Å². The number of hydrogen-bond donors (Lipinski definition) is 1. The molecule has 0 spiro atoms. The van der Waals surface area contributed by atoms with E-state index >= 15 is 0 Å². The highest BCUT2D eigenvalue weighted by atomic mass is 35.5. The Labute approximate surface area is 97.0 Å². The Balaban J connectivity index is 2.92. The summed E-state index contributed by atoms with van der Waals surface area (Å²) in [6.07, 6.45) is 1.85. The first kappa shape index (κ1) is 12.1. The topological polar surface area (TPSA) is 72.1 Å². The first-order valence-electron chi connectivity index (χ1n) is 4.11. The Kier molecular flexibility index (Phi) is 4.16. The molecule has 0 saturated heterocycles. The van der Waals surface area contributed by atoms with Crippen LogP contribution in [0, 0.1) is 0 Å². The highest BCUT2D eigenvalue weighted by Crippen LogP contribution is 2.19. The van der Waals surface area contributed by atoms with Gasteiger partial charge in [-0.3, -0.25) is 4.79 Å². The minimum absolute atomic E-state index is 0.0984. The van der Waals surface area contributed by atoms with Gasteiger partial charge in [-0.15, -0.1) is 0 Å². The minimum Gasteiger partial charge on any atom is -0.368 e. The molecule has 0 aliphatic carbocycles. The van der Waals surface area contributed by atoms with Gasteiger partial charge in [-0.05, 0) is 6.26 Å². The van der Waals surface area contributed by atoms with Crippen LogP contribution in [0.25, 0.3) is 0 Å². The van der Waals surface area contributed by atoms with Crippen LogP contribution in [-0.2, 0) is 4.79 Å². The number of nitrogens with zero attached hydrogens (tertiary/aromatic N) is 3. The van der Waals surface area contributed by atoms with Crippen LogP contribution >= 0.6 is 23.4 Å². The van der Waals surface area contributed by atoms with Crippen LogP contribution in [-0.4, -0.2) is 35.7 Å². The van der Waals surface area contributed by atoms with Crippen LogP contribution in [0.5, 0.6) is 0 Å². The molecule has 7 heteroatoms. The zero-order valence-electron chi connectivity index (χ0n) is 8.40. The number of amides is 1. The summed E-state index contributed by atoms with van der Waals surface area (Å²) < 4.78 is 0. The average Bonchev–Trinajstić information content (AvgIpc) is 2.15. The SMILES string of the molecule is CSc1nc(Cl)cc(N(C)CC(N)=O)n1. The van der Waals surface area contributed by atoms with E-state index in [4.69, 9.17) is 17.3 Å². The van der Waals surface area contributed by atoms with Crippen molar-refractivity contribution in [1.29, 1.82) is 0 Å². The smallest absolute Gasteiger partial charge is 0.236 e. The summed E-state index contributed by atoms with van der Waals surface area (Å²) in [5, 5.41) is 0.912. The van der Waals surface area contributed by atoms with Gasteiger partial charge < -0.3 is 10.6 Å². The van der Waals surface area contributed by atoms with Crippen molar-refractivity contribution < 1.29 is 4.79 Å². The van der Waals surface area contributed by atoms with Gasteiger partial charge in [-0.1, -0.05) is 23.4 Å². The number of likely N-dealkylation sites (N-methyl/N-ethyl adjacent to an activating group) is 1. The number of carbonyl (C=O) groups is 1. The third-order valence-corrected chi connectivity index (χ3v) is 2.37. The van der Waals surface area contributed by atoms with Crippen molar-refractivity contribution in [3.05, 3.63) is 11.2 Å². The Morgan fingerprint density at radius 1 is 1.67 bits per heavy atom. The molecule has 1 aromatic heterocycles. The molecule has 0 aliphatic heterocycles. The second-order valence-electron chi connectivity index (χ2n) is 2.86. The van der Waals surface area contributed by atoms with E-state index in [9.17, 15) is 4.79 Å². The predicted octanol–water partition coefficient (Wildman–Crippen LogP) is 0.773. The van der Waals surface area contributed by atoms with Crippen molar-refractivity contribution in [2.75, 3.05) is 24.7 Å². The van der Waals surface area contributed by atoms with Gasteiger partial charge in [0, 0.05) is 13.1 Å². The fraction of sp³-hybridized carbons (Fsp3) is 0.375. The van der Waals surface area contributed by atoms with Gasteiger partial charge in [0.1, 0.15) is 11.0 Å². The number of primary amides is 1. The Morgan fingerprint density at radius 2 is 2.33 bits per heavy atom. The lowest BCUT2D eigenvalue weighted by molar-refractivity contribution is -0.116. The van der Waals surface area contributed by atoms with Crippen LogP contribution in [0.3, 0.4) is 0 Å². The van der Waals surface area contributed by atoms with Crippen LogP contribution in [0.1, 0.15) is 0 Å². The molecule has 1 amide bonds. The maximum atomic E-state index is 10.7. The van der Waals surface area contributed by atoms with Gasteiger partial charge >= 0.3 is 0 Å². The molecule has 15 heavy (non-hydrogen) atoms. The molecule has 0 aromatic carbocycles. The molecule has 1 heterocycles. The standard InChI is InChI=1S/C8H11ClN4OS/c1-13(4-6(10)14)7-3-5(9)11-8(12-7)15-2/h3H,4H2,1-2H3,(H2,10,14). The molecule has 1 aromatic rings. The van der Waals surface area contributed by atoms with E-state index in [-0.39, 0.29) is 6.54 Å². The number of hydrogen-bond acceptors (Lipinski definition) is 5. The fourth-order valence-corrected chi connectivity index (χ4v) is 1.59. The zero-order chi connectivity index (χ0) is 11.4. The molecule has 5 nitrogen and oxygen atoms in total. The number of nitrogens with two attached hydrogens (primary N) is 1. The first-order valence-corrected chi connectivity index (χ1v) is 5.71. The zero-order valence-corrected chi connectivity index (χ0v) is 9.97. The lowest BCUT2D eigenvalue weighted by Gasteiger charge is -2.16. The molecule has 1 rings (SSSR count). The fourth-order valence-electron chi connectivity index (χ4n) is 0.987. The quantitative estimate of drug-likeness (QED) is 0.483. The molecule has 0 atom stereocenters. The van der Waals surface area contributed by atoms with Crippen molar-refractivity contribution >= 4 is 35.1 Å². The van der Waals surface area contributed by atoms with Gasteiger partial charge in [0.25, 0.3) is 0 Å². The molecule has 0 radical (unpaired) electrons. The van der Waals surface area contributed by atoms with Crippen LogP contribution in [0.2, 0.25) is 5.15 Å². The highest BCUT2D eigenvalue weighted by molar-refractivity contribution is 7.98. The molecule has 2 N–H and O–H groups in total. The van der Waals surface area contributed by atoms with Crippen molar-refractivity contribution in [2.24, 2.45) is 5.73 Å². The molecule has 0 saturated carbocycles. The van der Waals surface area contributed by atoms with Crippen molar-refractivity contribution in [3.8, 4) is 0 Å². The van der Waals surface area contributed by atoms with E-state index in [1.54, 1.807) is 18.0 Å². The largest absolute Gasteiger partial charge is 0.368 e. The number of rotatable bonds is 4. The maximum Gasteiger partial charge on any atom is 0.236 e. The Hall–Kier alpha value is -1.01. The summed E-state index contributed by atoms with van der Waals surface area (Å²) in [6, 6.07) is 1.59. The van der Waals surface area contributed by atoms with Crippen molar-refractivity contribution in [1.82, 2.24) is 9.97 Å². The predicted molar refractivity (Wildman–Crippen MR) is 61.3 cm³/mol. The first-order chi connectivity index (χ1) is 7.02. The number of anilines is 1. The van der Waals surface area contributed by atoms with E-state index in [1.807, 2.05) is 6.26 Å².